The van der Waals surface area contributed by atoms with Gasteiger partial charge in [0.25, 0.3) is 0 Å². The summed E-state index contributed by atoms with van der Waals surface area (Å²) in [5, 5.41) is 9.12. The van der Waals surface area contributed by atoms with Gasteiger partial charge in [-0.05, 0) is 24.6 Å². The first-order valence-corrected chi connectivity index (χ1v) is 4.66. The SMILES string of the molecule is C[C@@H](O)c1ccc(Br)c(C(F)(F)F)c1. The van der Waals surface area contributed by atoms with Gasteiger partial charge >= 0.3 is 6.18 Å². The standard InChI is InChI=1S/C9H8BrF3O/c1-5(14)6-2-3-8(10)7(4-6)9(11,12)13/h2-5,14H,1H3/t5-/m1/s1. The highest BCUT2D eigenvalue weighted by Gasteiger charge is 2.33. The lowest BCUT2D eigenvalue weighted by Crippen LogP contribution is -2.07. The summed E-state index contributed by atoms with van der Waals surface area (Å²) in [6.07, 6.45) is -5.30. The molecule has 0 aliphatic rings. The van der Waals surface area contributed by atoms with E-state index in [1.54, 1.807) is 0 Å². The molecule has 0 heterocycles. The molecule has 0 amide bonds. The van der Waals surface area contributed by atoms with Gasteiger partial charge in [0, 0.05) is 4.47 Å². The van der Waals surface area contributed by atoms with Gasteiger partial charge in [-0.15, -0.1) is 0 Å². The van der Waals surface area contributed by atoms with E-state index in [0.29, 0.717) is 0 Å². The number of alkyl halides is 3. The molecule has 1 N–H and O–H groups in total. The van der Waals surface area contributed by atoms with Crippen molar-refractivity contribution in [3.05, 3.63) is 33.8 Å². The summed E-state index contributed by atoms with van der Waals surface area (Å²) in [4.78, 5) is 0. The van der Waals surface area contributed by atoms with Crippen molar-refractivity contribution in [1.29, 1.82) is 0 Å². The highest BCUT2D eigenvalue weighted by molar-refractivity contribution is 9.10. The Bertz CT molecular complexity index is 333. The third kappa shape index (κ3) is 2.48. The zero-order valence-corrected chi connectivity index (χ0v) is 8.85. The van der Waals surface area contributed by atoms with Gasteiger partial charge in [0.1, 0.15) is 0 Å². The lowest BCUT2D eigenvalue weighted by molar-refractivity contribution is -0.138. The molecule has 0 bridgehead atoms. The Hall–Kier alpha value is -0.550. The number of benzene rings is 1. The van der Waals surface area contributed by atoms with Crippen LogP contribution in [0.5, 0.6) is 0 Å². The van der Waals surface area contributed by atoms with Gasteiger partial charge in [0.15, 0.2) is 0 Å². The summed E-state index contributed by atoms with van der Waals surface area (Å²) >= 11 is 2.81. The molecule has 78 valence electrons. The van der Waals surface area contributed by atoms with Crippen molar-refractivity contribution >= 4 is 15.9 Å². The third-order valence-electron chi connectivity index (χ3n) is 1.78. The lowest BCUT2D eigenvalue weighted by atomic mass is 10.1. The molecule has 14 heavy (non-hydrogen) atoms. The molecule has 0 saturated heterocycles. The van der Waals surface area contributed by atoms with Crippen LogP contribution in [0.4, 0.5) is 13.2 Å². The average Bonchev–Trinajstić information content (AvgIpc) is 2.02. The van der Waals surface area contributed by atoms with Gasteiger partial charge in [0.05, 0.1) is 11.7 Å². The molecular formula is C9H8BrF3O. The summed E-state index contributed by atoms with van der Waals surface area (Å²) in [7, 11) is 0. The maximum atomic E-state index is 12.4. The first kappa shape index (κ1) is 11.5. The lowest BCUT2D eigenvalue weighted by Gasteiger charge is -2.12. The van der Waals surface area contributed by atoms with E-state index < -0.39 is 17.8 Å². The fourth-order valence-corrected chi connectivity index (χ4v) is 1.49. The molecule has 1 aromatic carbocycles. The Morgan fingerprint density at radius 1 is 1.36 bits per heavy atom. The predicted molar refractivity (Wildman–Crippen MR) is 49.8 cm³/mol. The number of hydrogen-bond donors (Lipinski definition) is 1. The molecule has 0 unspecified atom stereocenters. The van der Waals surface area contributed by atoms with E-state index in [-0.39, 0.29) is 10.0 Å². The topological polar surface area (TPSA) is 20.2 Å². The summed E-state index contributed by atoms with van der Waals surface area (Å²) in [6, 6.07) is 3.67. The normalized spacial score (nSPS) is 14.1. The molecule has 0 spiro atoms. The minimum atomic E-state index is -4.40. The monoisotopic (exact) mass is 268 g/mol. The van der Waals surface area contributed by atoms with Crippen molar-refractivity contribution in [2.45, 2.75) is 19.2 Å². The smallest absolute Gasteiger partial charge is 0.389 e. The van der Waals surface area contributed by atoms with E-state index >= 15 is 0 Å². The summed E-state index contributed by atoms with van der Waals surface area (Å²) < 4.78 is 37.1. The first-order chi connectivity index (χ1) is 6.32. The average molecular weight is 269 g/mol. The zero-order valence-electron chi connectivity index (χ0n) is 7.27. The number of halogens is 4. The Balaban J connectivity index is 3.22. The van der Waals surface area contributed by atoms with Crippen LogP contribution in [0.1, 0.15) is 24.2 Å². The van der Waals surface area contributed by atoms with Crippen LogP contribution in [0.3, 0.4) is 0 Å². The molecule has 1 atom stereocenters. The van der Waals surface area contributed by atoms with Crippen molar-refractivity contribution in [2.75, 3.05) is 0 Å². The van der Waals surface area contributed by atoms with Crippen molar-refractivity contribution in [2.24, 2.45) is 0 Å². The summed E-state index contributed by atoms with van der Waals surface area (Å²) in [6.45, 7) is 1.42. The highest BCUT2D eigenvalue weighted by Crippen LogP contribution is 2.36. The minimum absolute atomic E-state index is 0.0191. The molecule has 0 fully saturated rings. The molecule has 0 saturated carbocycles. The van der Waals surface area contributed by atoms with E-state index in [4.69, 9.17) is 5.11 Å². The second-order valence-corrected chi connectivity index (χ2v) is 3.77. The van der Waals surface area contributed by atoms with Gasteiger partial charge in [-0.2, -0.15) is 13.2 Å². The van der Waals surface area contributed by atoms with Crippen molar-refractivity contribution in [3.63, 3.8) is 0 Å². The highest BCUT2D eigenvalue weighted by atomic mass is 79.9. The van der Waals surface area contributed by atoms with Crippen LogP contribution in [-0.4, -0.2) is 5.11 Å². The molecule has 1 aromatic rings. The maximum Gasteiger partial charge on any atom is 0.417 e. The number of aliphatic hydroxyl groups is 1. The van der Waals surface area contributed by atoms with Crippen LogP contribution in [0, 0.1) is 0 Å². The van der Waals surface area contributed by atoms with E-state index in [2.05, 4.69) is 15.9 Å². The van der Waals surface area contributed by atoms with E-state index in [1.807, 2.05) is 0 Å². The second kappa shape index (κ2) is 3.90. The largest absolute Gasteiger partial charge is 0.417 e. The summed E-state index contributed by atoms with van der Waals surface area (Å²) in [5.74, 6) is 0. The minimum Gasteiger partial charge on any atom is -0.389 e. The van der Waals surface area contributed by atoms with Gasteiger partial charge < -0.3 is 5.11 Å². The molecule has 1 rings (SSSR count). The van der Waals surface area contributed by atoms with Gasteiger partial charge in [0.2, 0.25) is 0 Å². The Morgan fingerprint density at radius 2 is 1.93 bits per heavy atom. The zero-order chi connectivity index (χ0) is 10.9. The van der Waals surface area contributed by atoms with Crippen LogP contribution in [-0.2, 0) is 6.18 Å². The van der Waals surface area contributed by atoms with Crippen LogP contribution in [0.15, 0.2) is 22.7 Å². The van der Waals surface area contributed by atoms with Gasteiger partial charge in [-0.3, -0.25) is 0 Å². The maximum absolute atomic E-state index is 12.4. The van der Waals surface area contributed by atoms with Crippen molar-refractivity contribution < 1.29 is 18.3 Å². The fourth-order valence-electron chi connectivity index (χ4n) is 1.02. The van der Waals surface area contributed by atoms with Crippen LogP contribution >= 0.6 is 15.9 Å². The van der Waals surface area contributed by atoms with Crippen molar-refractivity contribution in [3.8, 4) is 0 Å². The fraction of sp³-hybridized carbons (Fsp3) is 0.333. The van der Waals surface area contributed by atoms with E-state index in [9.17, 15) is 13.2 Å². The van der Waals surface area contributed by atoms with Crippen molar-refractivity contribution in [1.82, 2.24) is 0 Å². The Labute approximate surface area is 87.7 Å². The molecule has 5 heteroatoms. The Morgan fingerprint density at radius 3 is 2.36 bits per heavy atom. The summed E-state index contributed by atoms with van der Waals surface area (Å²) in [5.41, 5.74) is -0.517. The van der Waals surface area contributed by atoms with Gasteiger partial charge in [-0.1, -0.05) is 22.0 Å². The number of rotatable bonds is 1. The molecule has 1 nitrogen and oxygen atoms in total. The van der Waals surface area contributed by atoms with E-state index in [1.165, 1.54) is 19.1 Å². The van der Waals surface area contributed by atoms with Gasteiger partial charge in [-0.25, -0.2) is 0 Å². The first-order valence-electron chi connectivity index (χ1n) is 3.87. The Kier molecular flexibility index (Phi) is 3.21. The van der Waals surface area contributed by atoms with Crippen LogP contribution in [0.25, 0.3) is 0 Å². The second-order valence-electron chi connectivity index (χ2n) is 2.91. The molecule has 0 aliphatic heterocycles. The molecule has 0 aromatic heterocycles. The molecule has 0 aliphatic carbocycles. The predicted octanol–water partition coefficient (Wildman–Crippen LogP) is 3.52. The van der Waals surface area contributed by atoms with Crippen LogP contribution in [0.2, 0.25) is 0 Å². The third-order valence-corrected chi connectivity index (χ3v) is 2.47. The number of hydrogen-bond acceptors (Lipinski definition) is 1. The van der Waals surface area contributed by atoms with E-state index in [0.717, 1.165) is 6.07 Å². The molecular weight excluding hydrogens is 261 g/mol. The van der Waals surface area contributed by atoms with Crippen LogP contribution < -0.4 is 0 Å². The number of aliphatic hydroxyl groups excluding tert-OH is 1. The quantitative estimate of drug-likeness (QED) is 0.827. The molecule has 0 radical (unpaired) electrons.